The molecule has 0 saturated carbocycles. The van der Waals surface area contributed by atoms with Gasteiger partial charge in [0.15, 0.2) is 0 Å². The summed E-state index contributed by atoms with van der Waals surface area (Å²) in [5, 5.41) is 2.98. The first-order chi connectivity index (χ1) is 11.6. The van der Waals surface area contributed by atoms with Crippen LogP contribution in [0.1, 0.15) is 58.4 Å². The van der Waals surface area contributed by atoms with E-state index in [1.165, 1.54) is 5.56 Å². The lowest BCUT2D eigenvalue weighted by Crippen LogP contribution is -2.50. The number of hydrogen-bond donors (Lipinski definition) is 1. The number of hydrogen-bond acceptors (Lipinski definition) is 2. The molecule has 24 heavy (non-hydrogen) atoms. The van der Waals surface area contributed by atoms with Crippen molar-refractivity contribution in [3.63, 3.8) is 0 Å². The molecule has 1 N–H and O–H groups in total. The fraction of sp³-hybridized carbons (Fsp3) is 0.600. The van der Waals surface area contributed by atoms with Crippen molar-refractivity contribution in [2.75, 3.05) is 13.1 Å². The number of benzene rings is 1. The normalized spacial score (nSPS) is 11.8. The molecule has 0 heterocycles. The average molecular weight is 332 g/mol. The summed E-state index contributed by atoms with van der Waals surface area (Å²) in [5.74, 6) is 0.0504. The van der Waals surface area contributed by atoms with E-state index in [9.17, 15) is 9.59 Å². The molecule has 0 bridgehead atoms. The number of rotatable bonds is 11. The molecule has 0 spiro atoms. The predicted molar refractivity (Wildman–Crippen MR) is 98.8 cm³/mol. The molecule has 0 fully saturated rings. The molecule has 1 aromatic rings. The fourth-order valence-electron chi connectivity index (χ4n) is 2.76. The van der Waals surface area contributed by atoms with E-state index in [2.05, 4.69) is 24.4 Å². The molecule has 1 aromatic carbocycles. The van der Waals surface area contributed by atoms with Crippen LogP contribution in [0.5, 0.6) is 0 Å². The van der Waals surface area contributed by atoms with Gasteiger partial charge in [0.25, 0.3) is 0 Å². The maximum atomic E-state index is 12.5. The van der Waals surface area contributed by atoms with Crippen LogP contribution in [-0.2, 0) is 16.0 Å². The van der Waals surface area contributed by atoms with Gasteiger partial charge in [-0.15, -0.1) is 0 Å². The van der Waals surface area contributed by atoms with E-state index in [1.807, 2.05) is 32.0 Å². The maximum Gasteiger partial charge on any atom is 0.242 e. The minimum atomic E-state index is -0.371. The first-order valence-corrected chi connectivity index (χ1v) is 9.25. The molecule has 1 atom stereocenters. The van der Waals surface area contributed by atoms with Gasteiger partial charge in [-0.05, 0) is 31.2 Å². The third-order valence-corrected chi connectivity index (χ3v) is 4.16. The molecule has 1 rings (SSSR count). The van der Waals surface area contributed by atoms with Crippen molar-refractivity contribution in [1.29, 1.82) is 0 Å². The van der Waals surface area contributed by atoms with Crippen molar-refractivity contribution >= 4 is 11.8 Å². The summed E-state index contributed by atoms with van der Waals surface area (Å²) in [6, 6.07) is 9.74. The van der Waals surface area contributed by atoms with Crippen molar-refractivity contribution in [3.05, 3.63) is 35.9 Å². The number of nitrogens with zero attached hydrogens (tertiary/aromatic N) is 1. The second-order valence-electron chi connectivity index (χ2n) is 6.14. The van der Waals surface area contributed by atoms with Crippen LogP contribution in [0.3, 0.4) is 0 Å². The monoisotopic (exact) mass is 332 g/mol. The van der Waals surface area contributed by atoms with Crippen LogP contribution >= 0.6 is 0 Å². The Hall–Kier alpha value is -1.84. The number of carbonyl (C=O) groups excluding carboxylic acids is 2. The van der Waals surface area contributed by atoms with E-state index in [0.29, 0.717) is 25.9 Å². The van der Waals surface area contributed by atoms with E-state index < -0.39 is 0 Å². The smallest absolute Gasteiger partial charge is 0.242 e. The highest BCUT2D eigenvalue weighted by Gasteiger charge is 2.27. The zero-order valence-electron chi connectivity index (χ0n) is 15.4. The summed E-state index contributed by atoms with van der Waals surface area (Å²) >= 11 is 0. The lowest BCUT2D eigenvalue weighted by Gasteiger charge is -2.30. The Morgan fingerprint density at radius 3 is 2.38 bits per heavy atom. The second-order valence-corrected chi connectivity index (χ2v) is 6.14. The summed E-state index contributed by atoms with van der Waals surface area (Å²) in [7, 11) is 0. The topological polar surface area (TPSA) is 49.4 Å². The zero-order valence-corrected chi connectivity index (χ0v) is 15.4. The summed E-state index contributed by atoms with van der Waals surface area (Å²) in [4.78, 5) is 26.8. The van der Waals surface area contributed by atoms with Gasteiger partial charge in [0.2, 0.25) is 11.8 Å². The zero-order chi connectivity index (χ0) is 17.8. The van der Waals surface area contributed by atoms with Crippen LogP contribution < -0.4 is 5.32 Å². The summed E-state index contributed by atoms with van der Waals surface area (Å²) in [6.07, 6.45) is 4.72. The minimum Gasteiger partial charge on any atom is -0.354 e. The molecule has 0 radical (unpaired) electrons. The molecule has 0 saturated heterocycles. The highest BCUT2D eigenvalue weighted by molar-refractivity contribution is 5.87. The van der Waals surface area contributed by atoms with Crippen LogP contribution in [0.15, 0.2) is 30.3 Å². The Kier molecular flexibility index (Phi) is 9.81. The number of carbonyl (C=O) groups is 2. The Morgan fingerprint density at radius 1 is 1.08 bits per heavy atom. The highest BCUT2D eigenvalue weighted by Crippen LogP contribution is 2.11. The van der Waals surface area contributed by atoms with Crippen molar-refractivity contribution in [2.24, 2.45) is 0 Å². The van der Waals surface area contributed by atoms with E-state index in [0.717, 1.165) is 25.7 Å². The van der Waals surface area contributed by atoms with Gasteiger partial charge in [0, 0.05) is 19.5 Å². The number of amides is 2. The lowest BCUT2D eigenvalue weighted by molar-refractivity contribution is -0.140. The molecular weight excluding hydrogens is 300 g/mol. The van der Waals surface area contributed by atoms with Crippen molar-refractivity contribution < 1.29 is 9.59 Å². The maximum absolute atomic E-state index is 12.5. The molecule has 0 unspecified atom stereocenters. The van der Waals surface area contributed by atoms with Crippen molar-refractivity contribution in [2.45, 2.75) is 65.3 Å². The van der Waals surface area contributed by atoms with Gasteiger partial charge in [0.1, 0.15) is 6.04 Å². The van der Waals surface area contributed by atoms with Gasteiger partial charge in [-0.25, -0.2) is 0 Å². The molecule has 0 aliphatic carbocycles. The van der Waals surface area contributed by atoms with Crippen molar-refractivity contribution in [1.82, 2.24) is 10.2 Å². The van der Waals surface area contributed by atoms with Gasteiger partial charge in [-0.3, -0.25) is 9.59 Å². The SMILES string of the molecule is CCCCNC(=O)[C@@H](CC)N(CCc1ccccc1)C(=O)CCC. The molecule has 4 nitrogen and oxygen atoms in total. The van der Waals surface area contributed by atoms with Crippen LogP contribution in [-0.4, -0.2) is 35.8 Å². The first-order valence-electron chi connectivity index (χ1n) is 9.25. The van der Waals surface area contributed by atoms with Crippen LogP contribution in [0.4, 0.5) is 0 Å². The first kappa shape index (κ1) is 20.2. The van der Waals surface area contributed by atoms with Crippen LogP contribution in [0.2, 0.25) is 0 Å². The molecule has 0 aromatic heterocycles. The van der Waals surface area contributed by atoms with Crippen molar-refractivity contribution in [3.8, 4) is 0 Å². The van der Waals surface area contributed by atoms with E-state index >= 15 is 0 Å². The van der Waals surface area contributed by atoms with E-state index in [4.69, 9.17) is 0 Å². The quantitative estimate of drug-likeness (QED) is 0.630. The van der Waals surface area contributed by atoms with Crippen LogP contribution in [0, 0.1) is 0 Å². The number of unbranched alkanes of at least 4 members (excludes halogenated alkanes) is 1. The Labute approximate surface area is 146 Å². The van der Waals surface area contributed by atoms with Gasteiger partial charge < -0.3 is 10.2 Å². The Bertz CT molecular complexity index is 488. The molecule has 2 amide bonds. The van der Waals surface area contributed by atoms with Gasteiger partial charge in [0.05, 0.1) is 0 Å². The molecular formula is C20H32N2O2. The summed E-state index contributed by atoms with van der Waals surface area (Å²) < 4.78 is 0. The Balaban J connectivity index is 2.77. The molecule has 0 aliphatic rings. The third kappa shape index (κ3) is 6.73. The summed E-state index contributed by atoms with van der Waals surface area (Å²) in [6.45, 7) is 7.33. The largest absolute Gasteiger partial charge is 0.354 e. The summed E-state index contributed by atoms with van der Waals surface area (Å²) in [5.41, 5.74) is 1.19. The average Bonchev–Trinajstić information content (AvgIpc) is 2.59. The second kappa shape index (κ2) is 11.7. The minimum absolute atomic E-state index is 0.0246. The molecule has 134 valence electrons. The molecule has 0 aliphatic heterocycles. The van der Waals surface area contributed by atoms with E-state index in [1.54, 1.807) is 4.90 Å². The number of nitrogens with one attached hydrogen (secondary N) is 1. The predicted octanol–water partition coefficient (Wildman–Crippen LogP) is 3.55. The Morgan fingerprint density at radius 2 is 1.79 bits per heavy atom. The third-order valence-electron chi connectivity index (χ3n) is 4.16. The lowest BCUT2D eigenvalue weighted by atomic mass is 10.1. The standard InChI is InChI=1S/C20H32N2O2/c1-4-7-15-21-20(24)18(6-3)22(19(23)11-5-2)16-14-17-12-9-8-10-13-17/h8-10,12-13,18H,4-7,11,14-16H2,1-3H3,(H,21,24)/t18-/m1/s1. The van der Waals surface area contributed by atoms with Gasteiger partial charge >= 0.3 is 0 Å². The van der Waals surface area contributed by atoms with E-state index in [-0.39, 0.29) is 17.9 Å². The fourth-order valence-corrected chi connectivity index (χ4v) is 2.76. The van der Waals surface area contributed by atoms with Gasteiger partial charge in [-0.1, -0.05) is 57.5 Å². The van der Waals surface area contributed by atoms with Crippen LogP contribution in [0.25, 0.3) is 0 Å². The highest BCUT2D eigenvalue weighted by atomic mass is 16.2. The molecule has 4 heteroatoms. The van der Waals surface area contributed by atoms with Gasteiger partial charge in [-0.2, -0.15) is 0 Å².